The maximum Gasteiger partial charge on any atom is 0.254 e. The molecule has 1 amide bonds. The summed E-state index contributed by atoms with van der Waals surface area (Å²) in [4.78, 5) is 18.9. The van der Waals surface area contributed by atoms with E-state index in [4.69, 9.17) is 4.52 Å². The number of nitrogens with zero attached hydrogens (tertiary/aromatic N) is 3. The summed E-state index contributed by atoms with van der Waals surface area (Å²) in [5.41, 5.74) is 2.40. The van der Waals surface area contributed by atoms with E-state index in [1.54, 1.807) is 13.0 Å². The number of carbonyl (C=O) groups is 1. The predicted octanol–water partition coefficient (Wildman–Crippen LogP) is 3.64. The van der Waals surface area contributed by atoms with E-state index in [9.17, 15) is 4.79 Å². The molecular formula is C19H20N4O2. The van der Waals surface area contributed by atoms with Gasteiger partial charge in [0.2, 0.25) is 5.89 Å². The standard InChI is InChI=1S/C19H20N4O2/c1-13(19-21-14(2)22-25-19)20-18(24)16-11-7-8-12-17(16)23(3)15-9-5-4-6-10-15/h4-13H,1-3H3,(H,20,24). The second-order valence-electron chi connectivity index (χ2n) is 5.79. The maximum absolute atomic E-state index is 12.8. The smallest absolute Gasteiger partial charge is 0.254 e. The summed E-state index contributed by atoms with van der Waals surface area (Å²) in [6, 6.07) is 17.0. The van der Waals surface area contributed by atoms with Crippen molar-refractivity contribution in [1.29, 1.82) is 0 Å². The third-order valence-electron chi connectivity index (χ3n) is 3.91. The first-order valence-electron chi connectivity index (χ1n) is 8.05. The number of hydrogen-bond donors (Lipinski definition) is 1. The van der Waals surface area contributed by atoms with Crippen LogP contribution in [0.2, 0.25) is 0 Å². The Hall–Kier alpha value is -3.15. The molecular weight excluding hydrogens is 316 g/mol. The monoisotopic (exact) mass is 336 g/mol. The third-order valence-corrected chi connectivity index (χ3v) is 3.91. The molecule has 0 spiro atoms. The van der Waals surface area contributed by atoms with Gasteiger partial charge in [-0.25, -0.2) is 0 Å². The summed E-state index contributed by atoms with van der Waals surface area (Å²) in [6.45, 7) is 3.56. The Bertz CT molecular complexity index is 861. The third kappa shape index (κ3) is 3.68. The molecule has 6 heteroatoms. The van der Waals surface area contributed by atoms with Crippen molar-refractivity contribution >= 4 is 17.3 Å². The van der Waals surface area contributed by atoms with Crippen LogP contribution in [0, 0.1) is 6.92 Å². The Kier molecular flexibility index (Phi) is 4.79. The minimum Gasteiger partial charge on any atom is -0.344 e. The Morgan fingerprint density at radius 2 is 1.80 bits per heavy atom. The number of hydrogen-bond acceptors (Lipinski definition) is 5. The topological polar surface area (TPSA) is 71.3 Å². The zero-order valence-electron chi connectivity index (χ0n) is 14.4. The van der Waals surface area contributed by atoms with Crippen molar-refractivity contribution in [2.45, 2.75) is 19.9 Å². The van der Waals surface area contributed by atoms with Crippen LogP contribution in [0.4, 0.5) is 11.4 Å². The average Bonchev–Trinajstić information content (AvgIpc) is 3.08. The van der Waals surface area contributed by atoms with Crippen LogP contribution in [0.1, 0.15) is 35.0 Å². The molecule has 1 heterocycles. The summed E-state index contributed by atoms with van der Waals surface area (Å²) >= 11 is 0. The molecule has 0 saturated carbocycles. The van der Waals surface area contributed by atoms with Crippen molar-refractivity contribution in [1.82, 2.24) is 15.5 Å². The van der Waals surface area contributed by atoms with E-state index in [2.05, 4.69) is 15.5 Å². The molecule has 1 atom stereocenters. The van der Waals surface area contributed by atoms with E-state index in [-0.39, 0.29) is 11.9 Å². The summed E-state index contributed by atoms with van der Waals surface area (Å²) in [7, 11) is 1.94. The van der Waals surface area contributed by atoms with Crippen LogP contribution in [0.15, 0.2) is 59.1 Å². The molecule has 1 N–H and O–H groups in total. The van der Waals surface area contributed by atoms with Gasteiger partial charge in [-0.3, -0.25) is 4.79 Å². The second-order valence-corrected chi connectivity index (χ2v) is 5.79. The van der Waals surface area contributed by atoms with Crippen LogP contribution in [0.3, 0.4) is 0 Å². The van der Waals surface area contributed by atoms with E-state index in [1.165, 1.54) is 0 Å². The van der Waals surface area contributed by atoms with Gasteiger partial charge in [-0.05, 0) is 38.1 Å². The van der Waals surface area contributed by atoms with Gasteiger partial charge in [-0.2, -0.15) is 4.98 Å². The van der Waals surface area contributed by atoms with Gasteiger partial charge < -0.3 is 14.7 Å². The van der Waals surface area contributed by atoms with Gasteiger partial charge in [0.15, 0.2) is 5.82 Å². The summed E-state index contributed by atoms with van der Waals surface area (Å²) in [6.07, 6.45) is 0. The van der Waals surface area contributed by atoms with Crippen molar-refractivity contribution in [3.05, 3.63) is 71.9 Å². The Balaban J connectivity index is 1.84. The fourth-order valence-corrected chi connectivity index (χ4v) is 2.57. The number of aryl methyl sites for hydroxylation is 1. The normalized spacial score (nSPS) is 11.8. The zero-order valence-corrected chi connectivity index (χ0v) is 14.4. The SMILES string of the molecule is Cc1noc(C(C)NC(=O)c2ccccc2N(C)c2ccccc2)n1. The van der Waals surface area contributed by atoms with Crippen LogP contribution >= 0.6 is 0 Å². The van der Waals surface area contributed by atoms with Crippen LogP contribution in [-0.4, -0.2) is 23.1 Å². The first-order chi connectivity index (χ1) is 12.1. The zero-order chi connectivity index (χ0) is 17.8. The van der Waals surface area contributed by atoms with Crippen molar-refractivity contribution < 1.29 is 9.32 Å². The maximum atomic E-state index is 12.8. The largest absolute Gasteiger partial charge is 0.344 e. The van der Waals surface area contributed by atoms with E-state index in [1.807, 2.05) is 67.4 Å². The first kappa shape index (κ1) is 16.7. The Morgan fingerprint density at radius 3 is 2.48 bits per heavy atom. The Labute approximate surface area is 146 Å². The van der Waals surface area contributed by atoms with Gasteiger partial charge in [0.1, 0.15) is 6.04 Å². The van der Waals surface area contributed by atoms with E-state index < -0.39 is 0 Å². The molecule has 6 nitrogen and oxygen atoms in total. The van der Waals surface area contributed by atoms with Gasteiger partial charge in [-0.1, -0.05) is 35.5 Å². The average molecular weight is 336 g/mol. The number of rotatable bonds is 5. The molecule has 1 aromatic heterocycles. The van der Waals surface area contributed by atoms with Crippen molar-refractivity contribution in [3.63, 3.8) is 0 Å². The molecule has 128 valence electrons. The first-order valence-corrected chi connectivity index (χ1v) is 8.05. The summed E-state index contributed by atoms with van der Waals surface area (Å²) in [5, 5.41) is 6.67. The van der Waals surface area contributed by atoms with Crippen molar-refractivity contribution in [2.75, 3.05) is 11.9 Å². The molecule has 3 rings (SSSR count). The fourth-order valence-electron chi connectivity index (χ4n) is 2.57. The molecule has 3 aromatic rings. The minimum atomic E-state index is -0.371. The molecule has 0 aliphatic carbocycles. The second kappa shape index (κ2) is 7.17. The van der Waals surface area contributed by atoms with Crippen molar-refractivity contribution in [2.24, 2.45) is 0 Å². The molecule has 1 unspecified atom stereocenters. The lowest BCUT2D eigenvalue weighted by Gasteiger charge is -2.22. The highest BCUT2D eigenvalue weighted by Crippen LogP contribution is 2.27. The van der Waals surface area contributed by atoms with E-state index >= 15 is 0 Å². The molecule has 0 radical (unpaired) electrons. The quantitative estimate of drug-likeness (QED) is 0.770. The molecule has 0 fully saturated rings. The number of anilines is 2. The molecule has 0 bridgehead atoms. The van der Waals surface area contributed by atoms with E-state index in [0.29, 0.717) is 17.3 Å². The van der Waals surface area contributed by atoms with Gasteiger partial charge >= 0.3 is 0 Å². The number of para-hydroxylation sites is 2. The highest BCUT2D eigenvalue weighted by atomic mass is 16.5. The lowest BCUT2D eigenvalue weighted by Crippen LogP contribution is -2.28. The van der Waals surface area contributed by atoms with Gasteiger partial charge in [0.05, 0.1) is 11.3 Å². The van der Waals surface area contributed by atoms with Crippen molar-refractivity contribution in [3.8, 4) is 0 Å². The number of aromatic nitrogens is 2. The summed E-state index contributed by atoms with van der Waals surface area (Å²) < 4.78 is 5.12. The number of carbonyl (C=O) groups excluding carboxylic acids is 1. The van der Waals surface area contributed by atoms with Gasteiger partial charge in [-0.15, -0.1) is 0 Å². The highest BCUT2D eigenvalue weighted by Gasteiger charge is 2.20. The molecule has 0 aliphatic rings. The van der Waals surface area contributed by atoms with Crippen LogP contribution < -0.4 is 10.2 Å². The number of benzene rings is 2. The molecule has 0 aliphatic heterocycles. The van der Waals surface area contributed by atoms with Gasteiger partial charge in [0, 0.05) is 12.7 Å². The predicted molar refractivity (Wildman–Crippen MR) is 95.9 cm³/mol. The van der Waals surface area contributed by atoms with Crippen LogP contribution in [-0.2, 0) is 0 Å². The molecule has 25 heavy (non-hydrogen) atoms. The lowest BCUT2D eigenvalue weighted by atomic mass is 10.1. The lowest BCUT2D eigenvalue weighted by molar-refractivity contribution is 0.0933. The number of nitrogens with one attached hydrogen (secondary N) is 1. The highest BCUT2D eigenvalue weighted by molar-refractivity contribution is 6.00. The summed E-state index contributed by atoms with van der Waals surface area (Å²) in [5.74, 6) is 0.738. The van der Waals surface area contributed by atoms with Crippen LogP contribution in [0.5, 0.6) is 0 Å². The minimum absolute atomic E-state index is 0.193. The Morgan fingerprint density at radius 1 is 1.12 bits per heavy atom. The molecule has 2 aromatic carbocycles. The van der Waals surface area contributed by atoms with Crippen LogP contribution in [0.25, 0.3) is 0 Å². The molecule has 0 saturated heterocycles. The van der Waals surface area contributed by atoms with Gasteiger partial charge in [0.25, 0.3) is 5.91 Å². The van der Waals surface area contributed by atoms with E-state index in [0.717, 1.165) is 11.4 Å². The number of amides is 1. The fraction of sp³-hybridized carbons (Fsp3) is 0.211.